The van der Waals surface area contributed by atoms with Gasteiger partial charge in [-0.15, -0.1) is 0 Å². The predicted molar refractivity (Wildman–Crippen MR) is 79.6 cm³/mol. The fraction of sp³-hybridized carbons (Fsp3) is 0.0588. The van der Waals surface area contributed by atoms with E-state index in [1.54, 1.807) is 0 Å². The average Bonchev–Trinajstić information content (AvgIpc) is 2.42. The molecule has 0 aromatic heterocycles. The number of hydrogen-bond donors (Lipinski definition) is 1. The summed E-state index contributed by atoms with van der Waals surface area (Å²) >= 11 is 0. The first kappa shape index (κ1) is 11.6. The fourth-order valence-corrected chi connectivity index (χ4v) is 2.16. The monoisotopic (exact) mass is 249 g/mol. The first-order chi connectivity index (χ1) is 9.24. The number of anilines is 1. The lowest BCUT2D eigenvalue weighted by molar-refractivity contribution is 0.490. The van der Waals surface area contributed by atoms with Gasteiger partial charge >= 0.3 is 0 Å². The normalized spacial score (nSPS) is 10.6. The molecule has 0 aliphatic heterocycles. The van der Waals surface area contributed by atoms with Crippen molar-refractivity contribution in [3.8, 4) is 11.5 Å². The van der Waals surface area contributed by atoms with Gasteiger partial charge in [-0.1, -0.05) is 42.5 Å². The number of hydrogen-bond acceptors (Lipinski definition) is 2. The molecule has 3 aromatic carbocycles. The van der Waals surface area contributed by atoms with E-state index in [1.165, 1.54) is 0 Å². The number of fused-ring (bicyclic) bond motifs is 1. The highest BCUT2D eigenvalue weighted by Crippen LogP contribution is 2.32. The molecule has 0 saturated heterocycles. The molecule has 2 nitrogen and oxygen atoms in total. The van der Waals surface area contributed by atoms with E-state index < -0.39 is 0 Å². The molecule has 0 aliphatic carbocycles. The smallest absolute Gasteiger partial charge is 0.150 e. The average molecular weight is 249 g/mol. The number of nitrogens with two attached hydrogens (primary N) is 1. The molecule has 0 amide bonds. The van der Waals surface area contributed by atoms with Crippen LogP contribution < -0.4 is 10.5 Å². The summed E-state index contributed by atoms with van der Waals surface area (Å²) in [6.07, 6.45) is 0. The molecule has 0 saturated carbocycles. The fourth-order valence-electron chi connectivity index (χ4n) is 2.16. The van der Waals surface area contributed by atoms with Gasteiger partial charge in [-0.2, -0.15) is 0 Å². The summed E-state index contributed by atoms with van der Waals surface area (Å²) in [5.74, 6) is 1.52. The minimum atomic E-state index is 0.660. The van der Waals surface area contributed by atoms with Gasteiger partial charge in [-0.05, 0) is 36.1 Å². The Morgan fingerprint density at radius 1 is 0.842 bits per heavy atom. The zero-order valence-electron chi connectivity index (χ0n) is 10.8. The number of ether oxygens (including phenoxy) is 1. The van der Waals surface area contributed by atoms with Gasteiger partial charge in [0.25, 0.3) is 0 Å². The summed E-state index contributed by atoms with van der Waals surface area (Å²) in [5, 5.41) is 2.25. The highest BCUT2D eigenvalue weighted by atomic mass is 16.5. The van der Waals surface area contributed by atoms with Crippen LogP contribution >= 0.6 is 0 Å². The van der Waals surface area contributed by atoms with Crippen LogP contribution in [-0.4, -0.2) is 0 Å². The first-order valence-electron chi connectivity index (χ1n) is 6.26. The van der Waals surface area contributed by atoms with Gasteiger partial charge in [-0.25, -0.2) is 0 Å². The number of aryl methyl sites for hydroxylation is 1. The molecule has 19 heavy (non-hydrogen) atoms. The van der Waals surface area contributed by atoms with Crippen LogP contribution in [0.2, 0.25) is 0 Å². The van der Waals surface area contributed by atoms with Crippen molar-refractivity contribution in [1.82, 2.24) is 0 Å². The summed E-state index contributed by atoms with van der Waals surface area (Å²) in [6.45, 7) is 2.01. The van der Waals surface area contributed by atoms with Gasteiger partial charge in [0, 0.05) is 5.39 Å². The summed E-state index contributed by atoms with van der Waals surface area (Å²) in [6, 6.07) is 20.0. The first-order valence-corrected chi connectivity index (χ1v) is 6.26. The Labute approximate surface area is 112 Å². The van der Waals surface area contributed by atoms with E-state index in [2.05, 4.69) is 18.2 Å². The maximum absolute atomic E-state index is 5.99. The second-order valence-electron chi connectivity index (χ2n) is 4.62. The van der Waals surface area contributed by atoms with E-state index in [0.717, 1.165) is 22.1 Å². The molecule has 2 heteroatoms. The van der Waals surface area contributed by atoms with Crippen LogP contribution in [0.5, 0.6) is 11.5 Å². The third-order valence-electron chi connectivity index (χ3n) is 3.13. The Hall–Kier alpha value is -2.48. The zero-order chi connectivity index (χ0) is 13.2. The Bertz CT molecular complexity index is 729. The van der Waals surface area contributed by atoms with E-state index in [-0.39, 0.29) is 0 Å². The van der Waals surface area contributed by atoms with Crippen LogP contribution in [0.4, 0.5) is 5.69 Å². The van der Waals surface area contributed by atoms with E-state index in [4.69, 9.17) is 10.5 Å². The number of nitrogen functional groups attached to an aromatic ring is 1. The Morgan fingerprint density at radius 2 is 1.63 bits per heavy atom. The van der Waals surface area contributed by atoms with E-state index in [1.807, 2.05) is 49.4 Å². The number of benzene rings is 3. The minimum Gasteiger partial charge on any atom is -0.455 e. The number of rotatable bonds is 2. The maximum atomic E-state index is 5.99. The van der Waals surface area contributed by atoms with Crippen LogP contribution in [0.1, 0.15) is 5.56 Å². The topological polar surface area (TPSA) is 35.2 Å². The standard InChI is InChI=1S/C17H15NO/c1-12-9-10-17(15(18)11-12)19-16-8-4-6-13-5-2-3-7-14(13)16/h2-11H,18H2,1H3. The van der Waals surface area contributed by atoms with Crippen molar-refractivity contribution in [2.24, 2.45) is 0 Å². The van der Waals surface area contributed by atoms with Crippen molar-refractivity contribution >= 4 is 16.5 Å². The molecule has 0 spiro atoms. The molecule has 0 unspecified atom stereocenters. The SMILES string of the molecule is Cc1ccc(Oc2cccc3ccccc23)c(N)c1. The molecule has 3 aromatic rings. The lowest BCUT2D eigenvalue weighted by Gasteiger charge is -2.11. The van der Waals surface area contributed by atoms with Crippen LogP contribution in [-0.2, 0) is 0 Å². The summed E-state index contributed by atoms with van der Waals surface area (Å²) < 4.78 is 5.95. The molecule has 2 N–H and O–H groups in total. The molecular weight excluding hydrogens is 234 g/mol. The van der Waals surface area contributed by atoms with E-state index in [9.17, 15) is 0 Å². The molecule has 0 radical (unpaired) electrons. The predicted octanol–water partition coefficient (Wildman–Crippen LogP) is 4.52. The molecule has 3 rings (SSSR count). The molecule has 0 fully saturated rings. The van der Waals surface area contributed by atoms with Crippen molar-refractivity contribution in [2.45, 2.75) is 6.92 Å². The molecule has 0 heterocycles. The largest absolute Gasteiger partial charge is 0.455 e. The maximum Gasteiger partial charge on any atom is 0.150 e. The molecule has 0 aliphatic rings. The van der Waals surface area contributed by atoms with Gasteiger partial charge in [-0.3, -0.25) is 0 Å². The van der Waals surface area contributed by atoms with Gasteiger partial charge in [0.05, 0.1) is 5.69 Å². The van der Waals surface area contributed by atoms with E-state index in [0.29, 0.717) is 11.4 Å². The highest BCUT2D eigenvalue weighted by molar-refractivity contribution is 5.88. The van der Waals surface area contributed by atoms with Gasteiger partial charge < -0.3 is 10.5 Å². The van der Waals surface area contributed by atoms with Crippen molar-refractivity contribution in [1.29, 1.82) is 0 Å². The second-order valence-corrected chi connectivity index (χ2v) is 4.62. The summed E-state index contributed by atoms with van der Waals surface area (Å²) in [4.78, 5) is 0. The Morgan fingerprint density at radius 3 is 2.47 bits per heavy atom. The third kappa shape index (κ3) is 2.25. The lowest BCUT2D eigenvalue weighted by Crippen LogP contribution is -1.93. The quantitative estimate of drug-likeness (QED) is 0.677. The van der Waals surface area contributed by atoms with Crippen molar-refractivity contribution in [3.05, 3.63) is 66.2 Å². The second kappa shape index (κ2) is 4.65. The summed E-state index contributed by atoms with van der Waals surface area (Å²) in [7, 11) is 0. The minimum absolute atomic E-state index is 0.660. The highest BCUT2D eigenvalue weighted by Gasteiger charge is 2.05. The third-order valence-corrected chi connectivity index (χ3v) is 3.13. The van der Waals surface area contributed by atoms with Gasteiger partial charge in [0.1, 0.15) is 11.5 Å². The van der Waals surface area contributed by atoms with Crippen molar-refractivity contribution < 1.29 is 4.74 Å². The van der Waals surface area contributed by atoms with Crippen LogP contribution in [0.25, 0.3) is 10.8 Å². The Kier molecular flexibility index (Phi) is 2.84. The van der Waals surface area contributed by atoms with Crippen LogP contribution in [0, 0.1) is 6.92 Å². The summed E-state index contributed by atoms with van der Waals surface area (Å²) in [5.41, 5.74) is 7.78. The molecule has 0 atom stereocenters. The van der Waals surface area contributed by atoms with Crippen molar-refractivity contribution in [3.63, 3.8) is 0 Å². The molecule has 0 bridgehead atoms. The Balaban J connectivity index is 2.06. The molecule has 94 valence electrons. The van der Waals surface area contributed by atoms with Crippen molar-refractivity contribution in [2.75, 3.05) is 5.73 Å². The lowest BCUT2D eigenvalue weighted by atomic mass is 10.1. The van der Waals surface area contributed by atoms with Gasteiger partial charge in [0.15, 0.2) is 0 Å². The van der Waals surface area contributed by atoms with Crippen LogP contribution in [0.15, 0.2) is 60.7 Å². The molecular formula is C17H15NO. The van der Waals surface area contributed by atoms with Gasteiger partial charge in [0.2, 0.25) is 0 Å². The zero-order valence-corrected chi connectivity index (χ0v) is 10.8. The van der Waals surface area contributed by atoms with Crippen LogP contribution in [0.3, 0.4) is 0 Å². The van der Waals surface area contributed by atoms with E-state index >= 15 is 0 Å².